The molecule has 2 fully saturated rings. The molecule has 1 N–H and O–H groups in total. The summed E-state index contributed by atoms with van der Waals surface area (Å²) < 4.78 is 7.84. The number of nitrogens with one attached hydrogen (secondary N) is 1. The number of methoxy groups -OCH3 is 1. The van der Waals surface area contributed by atoms with Gasteiger partial charge in [-0.05, 0) is 76.4 Å². The fourth-order valence-electron chi connectivity index (χ4n) is 5.26. The van der Waals surface area contributed by atoms with Gasteiger partial charge in [0.05, 0.1) is 0 Å². The zero-order chi connectivity index (χ0) is 21.8. The maximum atomic E-state index is 13.1. The van der Waals surface area contributed by atoms with Gasteiger partial charge in [-0.2, -0.15) is 0 Å². The van der Waals surface area contributed by atoms with E-state index in [1.165, 1.54) is 18.4 Å². The topological polar surface area (TPSA) is 49.7 Å². The third-order valence-corrected chi connectivity index (χ3v) is 7.15. The van der Waals surface area contributed by atoms with Crippen LogP contribution in [0, 0.1) is 5.92 Å². The highest BCUT2D eigenvalue weighted by Crippen LogP contribution is 2.32. The number of hydrogen-bond donors (Lipinski definition) is 1. The van der Waals surface area contributed by atoms with Gasteiger partial charge in [0.15, 0.2) is 0 Å². The molecular formula is C25H38N4O2. The first-order valence-electron chi connectivity index (χ1n) is 11.9. The predicted molar refractivity (Wildman–Crippen MR) is 126 cm³/mol. The molecule has 1 aromatic carbocycles. The summed E-state index contributed by atoms with van der Waals surface area (Å²) in [7, 11) is 1.78. The molecule has 0 saturated carbocycles. The monoisotopic (exact) mass is 426 g/mol. The van der Waals surface area contributed by atoms with Gasteiger partial charge in [0.2, 0.25) is 0 Å². The van der Waals surface area contributed by atoms with Crippen LogP contribution in [0.5, 0.6) is 0 Å². The van der Waals surface area contributed by atoms with Gasteiger partial charge in [-0.15, -0.1) is 0 Å². The molecule has 1 amide bonds. The number of aromatic nitrogens is 1. The van der Waals surface area contributed by atoms with Crippen LogP contribution in [-0.4, -0.2) is 79.3 Å². The van der Waals surface area contributed by atoms with Crippen molar-refractivity contribution in [3.8, 4) is 0 Å². The highest BCUT2D eigenvalue weighted by Gasteiger charge is 2.27. The highest BCUT2D eigenvalue weighted by atomic mass is 16.5. The molecule has 31 heavy (non-hydrogen) atoms. The van der Waals surface area contributed by atoms with Crippen molar-refractivity contribution in [3.05, 3.63) is 36.0 Å². The number of piperidine rings is 1. The summed E-state index contributed by atoms with van der Waals surface area (Å²) in [4.78, 5) is 17.6. The predicted octanol–water partition coefficient (Wildman–Crippen LogP) is 3.38. The molecule has 0 aliphatic carbocycles. The van der Waals surface area contributed by atoms with Crippen molar-refractivity contribution in [2.24, 2.45) is 5.92 Å². The Hall–Kier alpha value is -1.89. The van der Waals surface area contributed by atoms with Gasteiger partial charge in [0.25, 0.3) is 5.91 Å². The van der Waals surface area contributed by atoms with Crippen molar-refractivity contribution in [2.75, 3.05) is 53.0 Å². The van der Waals surface area contributed by atoms with Crippen LogP contribution in [0.25, 0.3) is 10.9 Å². The van der Waals surface area contributed by atoms with Crippen LogP contribution in [0.2, 0.25) is 0 Å². The second kappa shape index (κ2) is 10.2. The summed E-state index contributed by atoms with van der Waals surface area (Å²) in [6.07, 6.45) is 5.69. The Balaban J connectivity index is 1.52. The van der Waals surface area contributed by atoms with Crippen LogP contribution in [0.3, 0.4) is 0 Å². The minimum absolute atomic E-state index is 0.158. The van der Waals surface area contributed by atoms with Crippen LogP contribution in [0.4, 0.5) is 0 Å². The number of benzene rings is 1. The van der Waals surface area contributed by atoms with Crippen molar-refractivity contribution in [1.29, 1.82) is 0 Å². The van der Waals surface area contributed by atoms with E-state index in [4.69, 9.17) is 4.74 Å². The van der Waals surface area contributed by atoms with Crippen molar-refractivity contribution < 1.29 is 9.53 Å². The van der Waals surface area contributed by atoms with E-state index in [2.05, 4.69) is 53.0 Å². The van der Waals surface area contributed by atoms with Gasteiger partial charge in [0, 0.05) is 74.6 Å². The molecule has 170 valence electrons. The lowest BCUT2D eigenvalue weighted by molar-refractivity contribution is 0.0595. The third-order valence-electron chi connectivity index (χ3n) is 7.15. The first-order chi connectivity index (χ1) is 15.1. The number of ether oxygens (including phenoxy) is 1. The van der Waals surface area contributed by atoms with E-state index in [-0.39, 0.29) is 5.91 Å². The maximum absolute atomic E-state index is 13.1. The molecule has 6 heteroatoms. The summed E-state index contributed by atoms with van der Waals surface area (Å²) in [6, 6.07) is 9.36. The highest BCUT2D eigenvalue weighted by molar-refractivity contribution is 5.98. The van der Waals surface area contributed by atoms with E-state index >= 15 is 0 Å². The third kappa shape index (κ3) is 4.97. The largest absolute Gasteiger partial charge is 0.385 e. The average Bonchev–Trinajstić information content (AvgIpc) is 3.23. The number of fused-ring (bicyclic) bond motifs is 1. The van der Waals surface area contributed by atoms with Crippen LogP contribution in [0.1, 0.15) is 49.5 Å². The molecule has 2 atom stereocenters. The van der Waals surface area contributed by atoms with Gasteiger partial charge in [-0.1, -0.05) is 0 Å². The van der Waals surface area contributed by atoms with E-state index < -0.39 is 0 Å². The van der Waals surface area contributed by atoms with Crippen molar-refractivity contribution in [1.82, 2.24) is 19.7 Å². The maximum Gasteiger partial charge on any atom is 0.253 e. The van der Waals surface area contributed by atoms with Crippen molar-refractivity contribution >= 4 is 16.8 Å². The lowest BCUT2D eigenvalue weighted by Crippen LogP contribution is -2.50. The Morgan fingerprint density at radius 2 is 2.00 bits per heavy atom. The van der Waals surface area contributed by atoms with E-state index in [0.29, 0.717) is 18.0 Å². The van der Waals surface area contributed by atoms with Crippen LogP contribution >= 0.6 is 0 Å². The number of piperazine rings is 1. The van der Waals surface area contributed by atoms with E-state index in [1.807, 2.05) is 11.0 Å². The van der Waals surface area contributed by atoms with E-state index in [0.717, 1.165) is 63.2 Å². The molecule has 2 aliphatic heterocycles. The number of carbonyl (C=O) groups is 1. The molecule has 2 aromatic rings. The molecule has 2 saturated heterocycles. The van der Waals surface area contributed by atoms with E-state index in [9.17, 15) is 4.79 Å². The fraction of sp³-hybridized carbons (Fsp3) is 0.640. The first kappa shape index (κ1) is 22.3. The van der Waals surface area contributed by atoms with Crippen LogP contribution in [-0.2, 0) is 4.74 Å². The molecular weight excluding hydrogens is 388 g/mol. The summed E-state index contributed by atoms with van der Waals surface area (Å²) in [5.41, 5.74) is 2.02. The molecule has 6 nitrogen and oxygen atoms in total. The quantitative estimate of drug-likeness (QED) is 0.737. The minimum Gasteiger partial charge on any atom is -0.385 e. The molecule has 0 spiro atoms. The summed E-state index contributed by atoms with van der Waals surface area (Å²) in [5.74, 6) is 0.767. The number of nitrogens with zero attached hydrogens (tertiary/aromatic N) is 3. The van der Waals surface area contributed by atoms with Gasteiger partial charge >= 0.3 is 0 Å². The first-order valence-corrected chi connectivity index (χ1v) is 11.9. The Labute approximate surface area is 186 Å². The Kier molecular flexibility index (Phi) is 7.31. The van der Waals surface area contributed by atoms with Crippen LogP contribution in [0.15, 0.2) is 30.5 Å². The molecule has 0 bridgehead atoms. The molecule has 0 radical (unpaired) electrons. The summed E-state index contributed by atoms with van der Waals surface area (Å²) in [5, 5.41) is 4.72. The summed E-state index contributed by atoms with van der Waals surface area (Å²) in [6.45, 7) is 10.9. The van der Waals surface area contributed by atoms with Gasteiger partial charge < -0.3 is 19.5 Å². The zero-order valence-electron chi connectivity index (χ0n) is 19.3. The van der Waals surface area contributed by atoms with Crippen molar-refractivity contribution in [3.63, 3.8) is 0 Å². The Morgan fingerprint density at radius 3 is 2.68 bits per heavy atom. The molecule has 2 aliphatic rings. The minimum atomic E-state index is 0.158. The van der Waals surface area contributed by atoms with Gasteiger partial charge in [-0.25, -0.2) is 0 Å². The lowest BCUT2D eigenvalue weighted by Gasteiger charge is -2.37. The smallest absolute Gasteiger partial charge is 0.253 e. The van der Waals surface area contributed by atoms with Gasteiger partial charge in [-0.3, -0.25) is 9.69 Å². The standard InChI is InChI=1S/C25H38N4O2/c1-19(2)27-12-14-28(15-13-27)25(30)21-6-7-23-20(17-21)8-11-29(23)24(9-16-31-3)22-5-4-10-26-18-22/h6-8,11,17,19,22,24,26H,4-5,9-10,12-16,18H2,1-3H3. The van der Waals surface area contributed by atoms with Crippen LogP contribution < -0.4 is 5.32 Å². The number of carbonyl (C=O) groups excluding carboxylic acids is 1. The fourth-order valence-corrected chi connectivity index (χ4v) is 5.26. The summed E-state index contributed by atoms with van der Waals surface area (Å²) >= 11 is 0. The number of hydrogen-bond acceptors (Lipinski definition) is 4. The molecule has 1 aromatic heterocycles. The number of rotatable bonds is 7. The zero-order valence-corrected chi connectivity index (χ0v) is 19.3. The number of amides is 1. The average molecular weight is 427 g/mol. The normalized spacial score (nSPS) is 21.7. The second-order valence-corrected chi connectivity index (χ2v) is 9.37. The molecule has 3 heterocycles. The van der Waals surface area contributed by atoms with E-state index in [1.54, 1.807) is 7.11 Å². The Morgan fingerprint density at radius 1 is 1.19 bits per heavy atom. The lowest BCUT2D eigenvalue weighted by atomic mass is 9.89. The van der Waals surface area contributed by atoms with Gasteiger partial charge in [0.1, 0.15) is 0 Å². The second-order valence-electron chi connectivity index (χ2n) is 9.37. The molecule has 4 rings (SSSR count). The SMILES string of the molecule is COCCC(C1CCCNC1)n1ccc2cc(C(=O)N3CCN(C(C)C)CC3)ccc21. The Bertz CT molecular complexity index is 864. The van der Waals surface area contributed by atoms with Crippen molar-refractivity contribution in [2.45, 2.75) is 45.2 Å². The molecule has 2 unspecified atom stereocenters.